The molecule has 0 aliphatic rings. The van der Waals surface area contributed by atoms with Gasteiger partial charge in [-0.05, 0) is 83.5 Å². The molecule has 0 radical (unpaired) electrons. The Morgan fingerprint density at radius 1 is 0.280 bits per heavy atom. The number of esters is 3. The average Bonchev–Trinajstić information content (AvgIpc) is 3.41. The molecule has 0 spiro atoms. The fourth-order valence-electron chi connectivity index (χ4n) is 8.87. The zero-order chi connectivity index (χ0) is 54.3. The number of rotatable bonds is 57. The minimum Gasteiger partial charge on any atom is -0.462 e. The number of unbranched alkanes of at least 4 members (excludes halogenated alkanes) is 30. The highest BCUT2D eigenvalue weighted by atomic mass is 16.6. The zero-order valence-electron chi connectivity index (χ0n) is 49.3. The van der Waals surface area contributed by atoms with Crippen molar-refractivity contribution in [2.24, 2.45) is 0 Å². The van der Waals surface area contributed by atoms with Crippen LogP contribution in [0.1, 0.15) is 303 Å². The summed E-state index contributed by atoms with van der Waals surface area (Å²) in [7, 11) is 0. The Balaban J connectivity index is 4.11. The lowest BCUT2D eigenvalue weighted by molar-refractivity contribution is -0.167. The number of carbonyl (C=O) groups is 3. The molecule has 0 saturated carbocycles. The molecule has 0 amide bonds. The van der Waals surface area contributed by atoms with Gasteiger partial charge in [0.1, 0.15) is 13.2 Å². The Morgan fingerprint density at radius 2 is 0.520 bits per heavy atom. The van der Waals surface area contributed by atoms with E-state index in [1.54, 1.807) is 0 Å². The van der Waals surface area contributed by atoms with Crippen molar-refractivity contribution in [2.45, 2.75) is 309 Å². The number of ether oxygens (including phenoxy) is 3. The van der Waals surface area contributed by atoms with Gasteiger partial charge in [-0.2, -0.15) is 0 Å². The van der Waals surface area contributed by atoms with Gasteiger partial charge in [-0.25, -0.2) is 0 Å². The maximum absolute atomic E-state index is 12.8. The first kappa shape index (κ1) is 71.3. The molecule has 0 aliphatic heterocycles. The number of hydrogen-bond donors (Lipinski definition) is 0. The summed E-state index contributed by atoms with van der Waals surface area (Å²) in [6.07, 6.45) is 84.6. The van der Waals surface area contributed by atoms with E-state index in [1.807, 2.05) is 0 Å². The molecule has 0 aromatic heterocycles. The summed E-state index contributed by atoms with van der Waals surface area (Å²) in [6, 6.07) is 0. The summed E-state index contributed by atoms with van der Waals surface area (Å²) < 4.78 is 16.7. The van der Waals surface area contributed by atoms with E-state index < -0.39 is 6.10 Å². The minimum absolute atomic E-state index is 0.0843. The second kappa shape index (κ2) is 62.9. The highest BCUT2D eigenvalue weighted by Gasteiger charge is 2.19. The van der Waals surface area contributed by atoms with Gasteiger partial charge in [0, 0.05) is 19.3 Å². The summed E-state index contributed by atoms with van der Waals surface area (Å²) in [5.74, 6) is -0.915. The Labute approximate surface area is 464 Å². The van der Waals surface area contributed by atoms with Crippen molar-refractivity contribution < 1.29 is 28.6 Å². The van der Waals surface area contributed by atoms with Gasteiger partial charge in [0.2, 0.25) is 0 Å². The molecular formula is C69H118O6. The first-order chi connectivity index (χ1) is 37.0. The van der Waals surface area contributed by atoms with Gasteiger partial charge in [-0.3, -0.25) is 14.4 Å². The molecule has 1 unspecified atom stereocenters. The van der Waals surface area contributed by atoms with Crippen LogP contribution in [0.25, 0.3) is 0 Å². The standard InChI is InChI=1S/C69H118O6/c1-4-7-10-13-15-17-19-21-23-25-27-29-31-32-33-34-35-36-38-39-41-43-45-47-49-51-53-56-59-62-68(71)74-65-66(64-73-67(70)61-58-55-12-9-6-3)75-69(72)63-60-57-54-52-50-48-46-44-42-40-37-30-28-26-24-22-20-18-16-14-11-8-5-2/h7,10,15,17,21,23,27,29,32-33,35-36,39,41,45,47,66H,4-6,8-9,11-14,16,18-20,22,24-26,28,30-31,34,37-38,40,42-44,46,48-65H2,1-3H3/b10-7-,17-15-,23-21-,29-27-,33-32-,36-35-,41-39-,47-45-. The molecule has 0 saturated heterocycles. The average molecular weight is 1040 g/mol. The fraction of sp³-hybridized carbons (Fsp3) is 0.725. The topological polar surface area (TPSA) is 78.9 Å². The van der Waals surface area contributed by atoms with Crippen LogP contribution < -0.4 is 0 Å². The molecular weight excluding hydrogens is 925 g/mol. The van der Waals surface area contributed by atoms with Gasteiger partial charge in [-0.15, -0.1) is 0 Å². The van der Waals surface area contributed by atoms with Crippen molar-refractivity contribution >= 4 is 17.9 Å². The summed E-state index contributed by atoms with van der Waals surface area (Å²) in [4.78, 5) is 37.9. The lowest BCUT2D eigenvalue weighted by Crippen LogP contribution is -2.30. The van der Waals surface area contributed by atoms with E-state index in [-0.39, 0.29) is 31.1 Å². The van der Waals surface area contributed by atoms with Gasteiger partial charge in [0.15, 0.2) is 6.10 Å². The fourth-order valence-corrected chi connectivity index (χ4v) is 8.87. The van der Waals surface area contributed by atoms with Crippen molar-refractivity contribution in [3.8, 4) is 0 Å². The lowest BCUT2D eigenvalue weighted by atomic mass is 10.0. The van der Waals surface area contributed by atoms with Crippen LogP contribution in [0.15, 0.2) is 97.2 Å². The van der Waals surface area contributed by atoms with E-state index in [1.165, 1.54) is 135 Å². The number of allylic oxidation sites excluding steroid dienone is 16. The smallest absolute Gasteiger partial charge is 0.306 e. The van der Waals surface area contributed by atoms with E-state index in [9.17, 15) is 14.4 Å². The highest BCUT2D eigenvalue weighted by Crippen LogP contribution is 2.17. The zero-order valence-corrected chi connectivity index (χ0v) is 49.3. The van der Waals surface area contributed by atoms with Crippen molar-refractivity contribution in [3.05, 3.63) is 97.2 Å². The maximum Gasteiger partial charge on any atom is 0.306 e. The molecule has 0 aromatic rings. The Bertz CT molecular complexity index is 1480. The van der Waals surface area contributed by atoms with Crippen molar-refractivity contribution in [3.63, 3.8) is 0 Å². The van der Waals surface area contributed by atoms with Crippen LogP contribution in [0.4, 0.5) is 0 Å². The molecule has 0 rings (SSSR count). The predicted octanol–water partition coefficient (Wildman–Crippen LogP) is 21.7. The molecule has 6 heteroatoms. The quantitative estimate of drug-likeness (QED) is 0.0261. The van der Waals surface area contributed by atoms with Gasteiger partial charge < -0.3 is 14.2 Å². The molecule has 75 heavy (non-hydrogen) atoms. The molecule has 0 N–H and O–H groups in total. The van der Waals surface area contributed by atoms with Crippen LogP contribution in [0.2, 0.25) is 0 Å². The van der Waals surface area contributed by atoms with E-state index in [0.717, 1.165) is 128 Å². The van der Waals surface area contributed by atoms with Crippen LogP contribution in [-0.2, 0) is 28.6 Å². The van der Waals surface area contributed by atoms with Crippen LogP contribution in [0.3, 0.4) is 0 Å². The summed E-state index contributed by atoms with van der Waals surface area (Å²) in [5, 5.41) is 0. The third-order valence-electron chi connectivity index (χ3n) is 13.6. The van der Waals surface area contributed by atoms with E-state index in [2.05, 4.69) is 118 Å². The lowest BCUT2D eigenvalue weighted by Gasteiger charge is -2.18. The highest BCUT2D eigenvalue weighted by molar-refractivity contribution is 5.71. The first-order valence-corrected chi connectivity index (χ1v) is 31.7. The normalized spacial score (nSPS) is 12.7. The maximum atomic E-state index is 12.8. The van der Waals surface area contributed by atoms with Crippen molar-refractivity contribution in [1.82, 2.24) is 0 Å². The molecule has 6 nitrogen and oxygen atoms in total. The summed E-state index contributed by atoms with van der Waals surface area (Å²) in [6.45, 7) is 6.45. The van der Waals surface area contributed by atoms with Gasteiger partial charge in [0.25, 0.3) is 0 Å². The second-order valence-corrected chi connectivity index (χ2v) is 21.0. The van der Waals surface area contributed by atoms with E-state index in [0.29, 0.717) is 19.3 Å². The third-order valence-corrected chi connectivity index (χ3v) is 13.6. The Morgan fingerprint density at radius 3 is 0.813 bits per heavy atom. The Kier molecular flexibility index (Phi) is 59.8. The molecule has 430 valence electrons. The Hall–Kier alpha value is -3.67. The van der Waals surface area contributed by atoms with Crippen LogP contribution >= 0.6 is 0 Å². The van der Waals surface area contributed by atoms with E-state index >= 15 is 0 Å². The summed E-state index contributed by atoms with van der Waals surface area (Å²) in [5.41, 5.74) is 0. The van der Waals surface area contributed by atoms with E-state index in [4.69, 9.17) is 14.2 Å². The third kappa shape index (κ3) is 61.1. The SMILES string of the molecule is CC/C=C\C/C=C\C/C=C\C/C=C\C/C=C\C/C=C\C/C=C\C/C=C\CCCCCCC(=O)OCC(COC(=O)CCCCCCC)OC(=O)CCCCCCCCCCCCCCCCCCCCCCCCC. The van der Waals surface area contributed by atoms with Gasteiger partial charge in [0.05, 0.1) is 0 Å². The molecule has 0 bridgehead atoms. The van der Waals surface area contributed by atoms with Crippen LogP contribution in [0.5, 0.6) is 0 Å². The molecule has 0 fully saturated rings. The summed E-state index contributed by atoms with van der Waals surface area (Å²) >= 11 is 0. The monoisotopic (exact) mass is 1040 g/mol. The largest absolute Gasteiger partial charge is 0.462 e. The van der Waals surface area contributed by atoms with Gasteiger partial charge >= 0.3 is 17.9 Å². The second-order valence-electron chi connectivity index (χ2n) is 21.0. The number of carbonyl (C=O) groups excluding carboxylic acids is 3. The van der Waals surface area contributed by atoms with Gasteiger partial charge in [-0.1, -0.05) is 298 Å². The molecule has 0 aromatic carbocycles. The number of hydrogen-bond acceptors (Lipinski definition) is 6. The van der Waals surface area contributed by atoms with Crippen molar-refractivity contribution in [1.29, 1.82) is 0 Å². The predicted molar refractivity (Wildman–Crippen MR) is 325 cm³/mol. The molecule has 1 atom stereocenters. The molecule has 0 heterocycles. The van der Waals surface area contributed by atoms with Crippen LogP contribution in [-0.4, -0.2) is 37.2 Å². The molecule has 0 aliphatic carbocycles. The first-order valence-electron chi connectivity index (χ1n) is 31.7. The van der Waals surface area contributed by atoms with Crippen LogP contribution in [0, 0.1) is 0 Å². The van der Waals surface area contributed by atoms with Crippen molar-refractivity contribution in [2.75, 3.05) is 13.2 Å². The minimum atomic E-state index is -0.784.